The van der Waals surface area contributed by atoms with Crippen molar-refractivity contribution in [1.29, 1.82) is 0 Å². The van der Waals surface area contributed by atoms with Gasteiger partial charge in [0.05, 0.1) is 4.92 Å². The van der Waals surface area contributed by atoms with Gasteiger partial charge in [0.25, 0.3) is 0 Å². The van der Waals surface area contributed by atoms with Crippen LogP contribution in [0.2, 0.25) is 0 Å². The van der Waals surface area contributed by atoms with E-state index in [0.717, 1.165) is 19.2 Å². The maximum atomic E-state index is 12.0. The van der Waals surface area contributed by atoms with Gasteiger partial charge in [0.15, 0.2) is 0 Å². The van der Waals surface area contributed by atoms with E-state index in [1.807, 2.05) is 4.90 Å². The van der Waals surface area contributed by atoms with Crippen LogP contribution in [0.25, 0.3) is 0 Å². The number of carbonyl (C=O) groups is 1. The van der Waals surface area contributed by atoms with Gasteiger partial charge in [-0.15, -0.1) is 0 Å². The van der Waals surface area contributed by atoms with E-state index in [1.54, 1.807) is 0 Å². The summed E-state index contributed by atoms with van der Waals surface area (Å²) in [6.45, 7) is 5.01. The van der Waals surface area contributed by atoms with Crippen LogP contribution in [0.15, 0.2) is 12.4 Å². The lowest BCUT2D eigenvalue weighted by Crippen LogP contribution is -2.54. The first-order chi connectivity index (χ1) is 8.49. The van der Waals surface area contributed by atoms with Crippen molar-refractivity contribution in [2.24, 2.45) is 5.92 Å². The molecule has 0 unspecified atom stereocenters. The first kappa shape index (κ1) is 12.5. The van der Waals surface area contributed by atoms with Gasteiger partial charge in [-0.3, -0.25) is 19.6 Å². The Morgan fingerprint density at radius 1 is 1.67 bits per heavy atom. The summed E-state index contributed by atoms with van der Waals surface area (Å²) in [4.78, 5) is 23.8. The van der Waals surface area contributed by atoms with Crippen molar-refractivity contribution in [1.82, 2.24) is 14.7 Å². The molecule has 1 aromatic rings. The number of likely N-dealkylation sites (tertiary alicyclic amines) is 1. The number of nitro groups is 1. The van der Waals surface area contributed by atoms with Crippen molar-refractivity contribution in [3.63, 3.8) is 0 Å². The van der Waals surface area contributed by atoms with Gasteiger partial charge in [0.2, 0.25) is 5.91 Å². The third kappa shape index (κ3) is 2.34. The van der Waals surface area contributed by atoms with Crippen LogP contribution < -0.4 is 0 Å². The quantitative estimate of drug-likeness (QED) is 0.592. The zero-order valence-corrected chi connectivity index (χ0v) is 10.4. The molecule has 2 heterocycles. The molecular formula is C11H16N4O3. The van der Waals surface area contributed by atoms with Crippen LogP contribution in [-0.4, -0.2) is 38.1 Å². The van der Waals surface area contributed by atoms with Gasteiger partial charge in [0.1, 0.15) is 18.9 Å². The Morgan fingerprint density at radius 2 is 2.39 bits per heavy atom. The Hall–Kier alpha value is -1.92. The molecule has 2 rings (SSSR count). The minimum absolute atomic E-state index is 0.0297. The van der Waals surface area contributed by atoms with E-state index >= 15 is 0 Å². The highest BCUT2D eigenvalue weighted by molar-refractivity contribution is 5.77. The summed E-state index contributed by atoms with van der Waals surface area (Å²) < 4.78 is 1.32. The minimum atomic E-state index is -0.519. The molecule has 7 heteroatoms. The third-order valence-electron chi connectivity index (χ3n) is 3.28. The molecule has 0 radical (unpaired) electrons. The van der Waals surface area contributed by atoms with Crippen molar-refractivity contribution in [3.8, 4) is 0 Å². The normalized spacial score (nSPS) is 18.8. The maximum absolute atomic E-state index is 12.0. The zero-order valence-electron chi connectivity index (χ0n) is 10.4. The Labute approximate surface area is 105 Å². The molecule has 7 nitrogen and oxygen atoms in total. The highest BCUT2D eigenvalue weighted by Gasteiger charge is 2.34. The molecule has 0 saturated carbocycles. The molecule has 1 aliphatic rings. The van der Waals surface area contributed by atoms with Gasteiger partial charge in [-0.2, -0.15) is 5.10 Å². The fraction of sp³-hybridized carbons (Fsp3) is 0.636. The number of rotatable bonds is 4. The Kier molecular flexibility index (Phi) is 3.31. The standard InChI is InChI=1S/C11H16N4O3/c1-8(2)10-3-4-14(10)11(16)7-13-6-9(5-12-13)15(17)18/h5-6,8,10H,3-4,7H2,1-2H3/t10-/m1/s1. The number of hydrogen-bond donors (Lipinski definition) is 0. The molecule has 1 fully saturated rings. The molecule has 0 N–H and O–H groups in total. The van der Waals surface area contributed by atoms with Gasteiger partial charge in [-0.1, -0.05) is 13.8 Å². The lowest BCUT2D eigenvalue weighted by atomic mass is 9.92. The molecule has 0 aliphatic carbocycles. The molecule has 1 atom stereocenters. The van der Waals surface area contributed by atoms with Crippen LogP contribution in [-0.2, 0) is 11.3 Å². The van der Waals surface area contributed by atoms with Crippen molar-refractivity contribution < 1.29 is 9.72 Å². The highest BCUT2D eigenvalue weighted by Crippen LogP contribution is 2.24. The first-order valence-corrected chi connectivity index (χ1v) is 5.95. The molecule has 0 aromatic carbocycles. The first-order valence-electron chi connectivity index (χ1n) is 5.95. The number of nitrogens with zero attached hydrogens (tertiary/aromatic N) is 4. The van der Waals surface area contributed by atoms with Gasteiger partial charge in [-0.25, -0.2) is 0 Å². The second-order valence-corrected chi connectivity index (χ2v) is 4.84. The van der Waals surface area contributed by atoms with E-state index in [-0.39, 0.29) is 18.1 Å². The van der Waals surface area contributed by atoms with Gasteiger partial charge >= 0.3 is 5.69 Å². The molecule has 1 aromatic heterocycles. The zero-order chi connectivity index (χ0) is 13.3. The van der Waals surface area contributed by atoms with Gasteiger partial charge < -0.3 is 4.90 Å². The summed E-state index contributed by atoms with van der Waals surface area (Å²) in [5.74, 6) is 0.410. The predicted octanol–water partition coefficient (Wildman–Crippen LogP) is 1.05. The third-order valence-corrected chi connectivity index (χ3v) is 3.28. The van der Waals surface area contributed by atoms with Crippen LogP contribution >= 0.6 is 0 Å². The second-order valence-electron chi connectivity index (χ2n) is 4.84. The monoisotopic (exact) mass is 252 g/mol. The van der Waals surface area contributed by atoms with Crippen LogP contribution in [0.5, 0.6) is 0 Å². The summed E-state index contributed by atoms with van der Waals surface area (Å²) in [7, 11) is 0. The van der Waals surface area contributed by atoms with Crippen LogP contribution in [0.3, 0.4) is 0 Å². The average Bonchev–Trinajstić information content (AvgIpc) is 2.62. The molecule has 0 bridgehead atoms. The maximum Gasteiger partial charge on any atom is 0.307 e. The topological polar surface area (TPSA) is 81.3 Å². The summed E-state index contributed by atoms with van der Waals surface area (Å²) in [6, 6.07) is 0.294. The number of aromatic nitrogens is 2. The van der Waals surface area contributed by atoms with Crippen LogP contribution in [0.4, 0.5) is 5.69 Å². The second kappa shape index (κ2) is 4.75. The van der Waals surface area contributed by atoms with E-state index < -0.39 is 4.92 Å². The minimum Gasteiger partial charge on any atom is -0.338 e. The summed E-state index contributed by atoms with van der Waals surface area (Å²) in [6.07, 6.45) is 3.47. The molecule has 1 saturated heterocycles. The average molecular weight is 252 g/mol. The van der Waals surface area contributed by atoms with E-state index in [1.165, 1.54) is 10.9 Å². The molecule has 0 spiro atoms. The fourth-order valence-electron chi connectivity index (χ4n) is 2.17. The molecule has 1 amide bonds. The fourth-order valence-corrected chi connectivity index (χ4v) is 2.17. The number of amides is 1. The van der Waals surface area contributed by atoms with Gasteiger partial charge in [-0.05, 0) is 12.3 Å². The molecule has 1 aliphatic heterocycles. The Bertz CT molecular complexity index is 469. The lowest BCUT2D eigenvalue weighted by molar-refractivity contribution is -0.385. The molecule has 98 valence electrons. The SMILES string of the molecule is CC(C)[C@H]1CCN1C(=O)Cn1cc([N+](=O)[O-])cn1. The smallest absolute Gasteiger partial charge is 0.307 e. The van der Waals surface area contributed by atoms with E-state index in [0.29, 0.717) is 12.0 Å². The van der Waals surface area contributed by atoms with E-state index in [4.69, 9.17) is 0 Å². The van der Waals surface area contributed by atoms with Crippen LogP contribution in [0.1, 0.15) is 20.3 Å². The van der Waals surface area contributed by atoms with E-state index in [2.05, 4.69) is 18.9 Å². The van der Waals surface area contributed by atoms with Crippen molar-refractivity contribution in [2.75, 3.05) is 6.54 Å². The highest BCUT2D eigenvalue weighted by atomic mass is 16.6. The summed E-state index contributed by atoms with van der Waals surface area (Å²) >= 11 is 0. The van der Waals surface area contributed by atoms with Crippen molar-refractivity contribution in [2.45, 2.75) is 32.9 Å². The largest absolute Gasteiger partial charge is 0.338 e. The molecular weight excluding hydrogens is 236 g/mol. The summed E-state index contributed by atoms with van der Waals surface area (Å²) in [5, 5.41) is 14.3. The van der Waals surface area contributed by atoms with Crippen molar-refractivity contribution in [3.05, 3.63) is 22.5 Å². The van der Waals surface area contributed by atoms with Gasteiger partial charge in [0, 0.05) is 12.6 Å². The summed E-state index contributed by atoms with van der Waals surface area (Å²) in [5.41, 5.74) is -0.0909. The Morgan fingerprint density at radius 3 is 2.83 bits per heavy atom. The van der Waals surface area contributed by atoms with Crippen molar-refractivity contribution >= 4 is 11.6 Å². The number of hydrogen-bond acceptors (Lipinski definition) is 4. The van der Waals surface area contributed by atoms with Crippen LogP contribution in [0, 0.1) is 16.0 Å². The number of carbonyl (C=O) groups excluding carboxylic acids is 1. The predicted molar refractivity (Wildman–Crippen MR) is 63.8 cm³/mol. The van der Waals surface area contributed by atoms with E-state index in [9.17, 15) is 14.9 Å². The lowest BCUT2D eigenvalue weighted by Gasteiger charge is -2.43. The molecule has 18 heavy (non-hydrogen) atoms. The Balaban J connectivity index is 1.96.